The quantitative estimate of drug-likeness (QED) is 0.798. The Morgan fingerprint density at radius 1 is 1.25 bits per heavy atom. The van der Waals surface area contributed by atoms with Crippen LogP contribution in [-0.4, -0.2) is 61.9 Å². The first-order chi connectivity index (χ1) is 9.72. The molecule has 1 N–H and O–H groups in total. The molecule has 1 aliphatic rings. The fourth-order valence-corrected chi connectivity index (χ4v) is 2.22. The lowest BCUT2D eigenvalue weighted by atomic mass is 10.2. The van der Waals surface area contributed by atoms with Gasteiger partial charge >= 0.3 is 0 Å². The van der Waals surface area contributed by atoms with Crippen LogP contribution in [0.1, 0.15) is 0 Å². The number of carbonyl (C=O) groups is 1. The minimum atomic E-state index is -0.237. The molecule has 1 amide bonds. The molecular formula is C14H19FN2O3. The highest BCUT2D eigenvalue weighted by Gasteiger charge is 2.22. The van der Waals surface area contributed by atoms with Gasteiger partial charge in [0.2, 0.25) is 5.91 Å². The second kappa shape index (κ2) is 7.21. The standard InChI is InChI=1S/C14H19FN2O3/c15-12-3-1-2-4-13(12)16-5-7-17(8-6-16)14(19)11-20-10-9-18/h1-4,18H,5-11H2. The van der Waals surface area contributed by atoms with E-state index in [1.54, 1.807) is 23.1 Å². The van der Waals surface area contributed by atoms with E-state index < -0.39 is 0 Å². The van der Waals surface area contributed by atoms with Crippen molar-refractivity contribution in [1.29, 1.82) is 0 Å². The summed E-state index contributed by atoms with van der Waals surface area (Å²) >= 11 is 0. The summed E-state index contributed by atoms with van der Waals surface area (Å²) in [5, 5.41) is 8.58. The summed E-state index contributed by atoms with van der Waals surface area (Å²) in [7, 11) is 0. The van der Waals surface area contributed by atoms with Crippen molar-refractivity contribution in [3.63, 3.8) is 0 Å². The fraction of sp³-hybridized carbons (Fsp3) is 0.500. The van der Waals surface area contributed by atoms with Crippen LogP contribution < -0.4 is 4.90 Å². The molecule has 0 aromatic heterocycles. The van der Waals surface area contributed by atoms with Crippen molar-refractivity contribution in [2.45, 2.75) is 0 Å². The first kappa shape index (κ1) is 14.7. The van der Waals surface area contributed by atoms with Crippen LogP contribution in [0.2, 0.25) is 0 Å². The first-order valence-electron chi connectivity index (χ1n) is 6.68. The second-order valence-corrected chi connectivity index (χ2v) is 4.60. The zero-order valence-corrected chi connectivity index (χ0v) is 11.3. The van der Waals surface area contributed by atoms with E-state index in [1.165, 1.54) is 6.07 Å². The molecular weight excluding hydrogens is 263 g/mol. The van der Waals surface area contributed by atoms with Crippen LogP contribution in [0.3, 0.4) is 0 Å². The Morgan fingerprint density at radius 3 is 2.60 bits per heavy atom. The van der Waals surface area contributed by atoms with E-state index in [4.69, 9.17) is 9.84 Å². The van der Waals surface area contributed by atoms with Crippen molar-refractivity contribution in [2.24, 2.45) is 0 Å². The van der Waals surface area contributed by atoms with E-state index in [2.05, 4.69) is 0 Å². The molecule has 0 bridgehead atoms. The largest absolute Gasteiger partial charge is 0.394 e. The number of halogens is 1. The van der Waals surface area contributed by atoms with Gasteiger partial charge in [-0.25, -0.2) is 4.39 Å². The normalized spacial score (nSPS) is 15.5. The molecule has 0 saturated carbocycles. The number of anilines is 1. The number of para-hydroxylation sites is 1. The molecule has 1 aliphatic heterocycles. The second-order valence-electron chi connectivity index (χ2n) is 4.60. The van der Waals surface area contributed by atoms with Gasteiger partial charge in [0.15, 0.2) is 0 Å². The number of amides is 1. The number of carbonyl (C=O) groups excluding carboxylic acids is 1. The van der Waals surface area contributed by atoms with Gasteiger partial charge in [-0.15, -0.1) is 0 Å². The summed E-state index contributed by atoms with van der Waals surface area (Å²) in [5.74, 6) is -0.329. The Balaban J connectivity index is 1.83. The van der Waals surface area contributed by atoms with Crippen molar-refractivity contribution in [3.05, 3.63) is 30.1 Å². The summed E-state index contributed by atoms with van der Waals surface area (Å²) in [4.78, 5) is 15.5. The van der Waals surface area contributed by atoms with Gasteiger partial charge in [0.25, 0.3) is 0 Å². The highest BCUT2D eigenvalue weighted by atomic mass is 19.1. The van der Waals surface area contributed by atoms with Crippen LogP contribution in [0, 0.1) is 5.82 Å². The molecule has 0 atom stereocenters. The average molecular weight is 282 g/mol. The number of hydrogen-bond donors (Lipinski definition) is 1. The molecule has 110 valence electrons. The van der Waals surface area contributed by atoms with Crippen LogP contribution in [-0.2, 0) is 9.53 Å². The van der Waals surface area contributed by atoms with E-state index in [-0.39, 0.29) is 31.5 Å². The van der Waals surface area contributed by atoms with E-state index in [0.717, 1.165) is 0 Å². The summed E-state index contributed by atoms with van der Waals surface area (Å²) in [6, 6.07) is 6.66. The van der Waals surface area contributed by atoms with Crippen molar-refractivity contribution < 1.29 is 19.0 Å². The molecule has 1 heterocycles. The number of aliphatic hydroxyl groups excluding tert-OH is 1. The van der Waals surface area contributed by atoms with Crippen molar-refractivity contribution in [3.8, 4) is 0 Å². The number of rotatable bonds is 5. The maximum Gasteiger partial charge on any atom is 0.248 e. The van der Waals surface area contributed by atoms with Crippen LogP contribution in [0.4, 0.5) is 10.1 Å². The van der Waals surface area contributed by atoms with Gasteiger partial charge in [-0.1, -0.05) is 12.1 Å². The molecule has 1 aromatic rings. The molecule has 0 radical (unpaired) electrons. The lowest BCUT2D eigenvalue weighted by Crippen LogP contribution is -2.50. The minimum Gasteiger partial charge on any atom is -0.394 e. The topological polar surface area (TPSA) is 53.0 Å². The van der Waals surface area contributed by atoms with Crippen molar-refractivity contribution in [2.75, 3.05) is 50.9 Å². The predicted molar refractivity (Wildman–Crippen MR) is 73.1 cm³/mol. The van der Waals surface area contributed by atoms with E-state index in [9.17, 15) is 9.18 Å². The lowest BCUT2D eigenvalue weighted by molar-refractivity contribution is -0.136. The van der Waals surface area contributed by atoms with Gasteiger partial charge in [0.05, 0.1) is 18.9 Å². The first-order valence-corrected chi connectivity index (χ1v) is 6.68. The van der Waals surface area contributed by atoms with Gasteiger partial charge in [0, 0.05) is 26.2 Å². The third-order valence-corrected chi connectivity index (χ3v) is 3.29. The van der Waals surface area contributed by atoms with Gasteiger partial charge < -0.3 is 19.6 Å². The summed E-state index contributed by atoms with van der Waals surface area (Å²) in [6.07, 6.45) is 0. The zero-order valence-electron chi connectivity index (χ0n) is 11.3. The van der Waals surface area contributed by atoms with Gasteiger partial charge in [-0.2, -0.15) is 0 Å². The summed E-state index contributed by atoms with van der Waals surface area (Å²) in [5.41, 5.74) is 0.580. The van der Waals surface area contributed by atoms with E-state index >= 15 is 0 Å². The van der Waals surface area contributed by atoms with Crippen LogP contribution in [0.15, 0.2) is 24.3 Å². The lowest BCUT2D eigenvalue weighted by Gasteiger charge is -2.36. The van der Waals surface area contributed by atoms with Gasteiger partial charge in [0.1, 0.15) is 12.4 Å². The number of piperazine rings is 1. The average Bonchev–Trinajstić information content (AvgIpc) is 2.48. The molecule has 5 nitrogen and oxygen atoms in total. The number of aliphatic hydroxyl groups is 1. The Kier molecular flexibility index (Phi) is 5.31. The Labute approximate surface area is 117 Å². The molecule has 1 saturated heterocycles. The molecule has 1 aromatic carbocycles. The SMILES string of the molecule is O=C(COCCO)N1CCN(c2ccccc2F)CC1. The van der Waals surface area contributed by atoms with Gasteiger partial charge in [-0.05, 0) is 12.1 Å². The maximum absolute atomic E-state index is 13.7. The fourth-order valence-electron chi connectivity index (χ4n) is 2.22. The molecule has 0 unspecified atom stereocenters. The molecule has 20 heavy (non-hydrogen) atoms. The van der Waals surface area contributed by atoms with E-state index in [0.29, 0.717) is 31.9 Å². The number of hydrogen-bond acceptors (Lipinski definition) is 4. The highest BCUT2D eigenvalue weighted by molar-refractivity contribution is 5.77. The molecule has 0 spiro atoms. The Bertz CT molecular complexity index is 448. The Hall–Kier alpha value is -1.66. The van der Waals surface area contributed by atoms with Crippen LogP contribution >= 0.6 is 0 Å². The monoisotopic (exact) mass is 282 g/mol. The van der Waals surface area contributed by atoms with E-state index in [1.807, 2.05) is 4.90 Å². The van der Waals surface area contributed by atoms with Gasteiger partial charge in [-0.3, -0.25) is 4.79 Å². The molecule has 2 rings (SSSR count). The highest BCUT2D eigenvalue weighted by Crippen LogP contribution is 2.20. The molecule has 6 heteroatoms. The third-order valence-electron chi connectivity index (χ3n) is 3.29. The summed E-state index contributed by atoms with van der Waals surface area (Å²) < 4.78 is 18.7. The number of benzene rings is 1. The van der Waals surface area contributed by atoms with Crippen LogP contribution in [0.5, 0.6) is 0 Å². The third kappa shape index (κ3) is 3.68. The predicted octanol–water partition coefficient (Wildman–Crippen LogP) is 0.483. The minimum absolute atomic E-state index is 0.0136. The van der Waals surface area contributed by atoms with Crippen molar-refractivity contribution >= 4 is 11.6 Å². The number of nitrogens with zero attached hydrogens (tertiary/aromatic N) is 2. The Morgan fingerprint density at radius 2 is 1.95 bits per heavy atom. The number of ether oxygens (including phenoxy) is 1. The van der Waals surface area contributed by atoms with Crippen molar-refractivity contribution in [1.82, 2.24) is 4.90 Å². The maximum atomic E-state index is 13.7. The van der Waals surface area contributed by atoms with Crippen LogP contribution in [0.25, 0.3) is 0 Å². The summed E-state index contributed by atoms with van der Waals surface area (Å²) in [6.45, 7) is 2.38. The zero-order chi connectivity index (χ0) is 14.4. The molecule has 1 fully saturated rings. The molecule has 0 aliphatic carbocycles. The smallest absolute Gasteiger partial charge is 0.248 e.